The van der Waals surface area contributed by atoms with E-state index in [0.29, 0.717) is 40.1 Å². The van der Waals surface area contributed by atoms with Crippen LogP contribution >= 0.6 is 23.1 Å². The number of nitriles is 1. The zero-order chi connectivity index (χ0) is 60.7. The van der Waals surface area contributed by atoms with Crippen LogP contribution in [0, 0.1) is 25.2 Å². The number of aromatic hydroxyl groups is 1. The van der Waals surface area contributed by atoms with Crippen molar-refractivity contribution in [2.45, 2.75) is 53.2 Å². The quantitative estimate of drug-likeness (QED) is 0.0152. The number of hydrogen-bond acceptors (Lipinski definition) is 25. The van der Waals surface area contributed by atoms with Gasteiger partial charge in [-0.25, -0.2) is 9.97 Å². The Hall–Kier alpha value is -7.74. The third-order valence-corrected chi connectivity index (χ3v) is 18.2. The molecule has 0 aliphatic rings. The van der Waals surface area contributed by atoms with Crippen LogP contribution in [0.5, 0.6) is 17.4 Å². The number of para-hydroxylation sites is 2. The number of hydrogen-bond donors (Lipinski definition) is 7. The van der Waals surface area contributed by atoms with Gasteiger partial charge >= 0.3 is 0 Å². The smallest absolute Gasteiger partial charge is 0.299 e. The SMILES string of the molecule is COc1c(S(=O)(=O)O)c(S(=O)(=O)O)cc2c1cc(S(=O)(=O)O)c1nc(N=Nc3cc(SCCCS(=O)(=O)O)c(N=Nc4cc(OCCCS(=O)(=O)O)c(N=Nc5c(C)c(C#N)c6nc7ccccc7n6c5O)cc4C)cc3NC(C)=O)sc12. The van der Waals surface area contributed by atoms with E-state index in [-0.39, 0.29) is 96.8 Å². The molecule has 436 valence electrons. The number of imidazole rings is 1. The summed E-state index contributed by atoms with van der Waals surface area (Å²) < 4.78 is 183. The summed E-state index contributed by atoms with van der Waals surface area (Å²) in [5, 5.41) is 48.9. The summed E-state index contributed by atoms with van der Waals surface area (Å²) in [5.41, 5.74) is 1.02. The Bertz CT molecular complexity index is 4770. The highest BCUT2D eigenvalue weighted by atomic mass is 32.2. The predicted molar refractivity (Wildman–Crippen MR) is 300 cm³/mol. The molecular weight excluding hydrogens is 1240 g/mol. The fourth-order valence-electron chi connectivity index (χ4n) is 8.16. The lowest BCUT2D eigenvalue weighted by molar-refractivity contribution is -0.114. The number of carbonyl (C=O) groups excluding carboxylic acids is 1. The standard InChI is InChI=1S/C46H41N11O19S7/c1-22-15-32(53-55-39-23(2)27(21-47)44-49-28-9-5-6-10-34(28)57(44)45(39)59)35(76-11-7-13-79(60,61)62)19-29(22)51-54-33-18-30(48-24(3)58)31(20-36(33)77-12-8-14-80(63,64)65)52-56-46-50-40-37(81(66,67)68)16-25-26(42(40)78-46)17-38(82(69,70)71)43(41(25)75-4)83(72,73)74/h5-6,9-10,15-20,59H,7-8,11-14H2,1-4H3,(H,48,58)(H,60,61,62)(H,63,64,65)(H,66,67,68)(H,69,70,71)(H,72,73,74). The molecule has 5 aromatic carbocycles. The molecule has 1 amide bonds. The highest BCUT2D eigenvalue weighted by molar-refractivity contribution is 7.99. The number of nitrogens with one attached hydrogen (secondary N) is 1. The lowest BCUT2D eigenvalue weighted by Gasteiger charge is -2.14. The lowest BCUT2D eigenvalue weighted by atomic mass is 10.1. The maximum atomic E-state index is 12.8. The van der Waals surface area contributed by atoms with Crippen molar-refractivity contribution in [3.63, 3.8) is 0 Å². The van der Waals surface area contributed by atoms with Crippen molar-refractivity contribution in [3.8, 4) is 23.4 Å². The van der Waals surface area contributed by atoms with E-state index in [9.17, 15) is 80.0 Å². The Labute approximate surface area is 478 Å². The van der Waals surface area contributed by atoms with E-state index < -0.39 is 110 Å². The van der Waals surface area contributed by atoms with E-state index in [1.165, 1.54) is 35.6 Å². The number of methoxy groups -OCH3 is 1. The monoisotopic (exact) mass is 1280 g/mol. The summed E-state index contributed by atoms with van der Waals surface area (Å²) in [5.74, 6) is -3.37. The average molecular weight is 1280 g/mol. The van der Waals surface area contributed by atoms with Gasteiger partial charge in [-0.3, -0.25) is 32.0 Å². The summed E-state index contributed by atoms with van der Waals surface area (Å²) in [6, 6.07) is 15.6. The average Bonchev–Trinajstić information content (AvgIpc) is 3.03. The molecule has 7 N–H and O–H groups in total. The molecule has 0 unspecified atom stereocenters. The van der Waals surface area contributed by atoms with Gasteiger partial charge in [0.25, 0.3) is 50.6 Å². The van der Waals surface area contributed by atoms with Gasteiger partial charge in [0.15, 0.2) is 16.2 Å². The van der Waals surface area contributed by atoms with Gasteiger partial charge in [-0.15, -0.1) is 37.3 Å². The third-order valence-electron chi connectivity index (χ3n) is 11.7. The molecule has 3 heterocycles. The third kappa shape index (κ3) is 13.7. The van der Waals surface area contributed by atoms with E-state index >= 15 is 0 Å². The van der Waals surface area contributed by atoms with Gasteiger partial charge < -0.3 is 19.9 Å². The van der Waals surface area contributed by atoms with Crippen LogP contribution in [0.2, 0.25) is 0 Å². The van der Waals surface area contributed by atoms with Crippen LogP contribution < -0.4 is 14.8 Å². The molecule has 0 saturated carbocycles. The maximum absolute atomic E-state index is 12.8. The Morgan fingerprint density at radius 3 is 2.04 bits per heavy atom. The number of anilines is 1. The van der Waals surface area contributed by atoms with Crippen molar-refractivity contribution in [2.75, 3.05) is 36.3 Å². The number of rotatable bonds is 21. The molecule has 0 spiro atoms. The summed E-state index contributed by atoms with van der Waals surface area (Å²) in [6.07, 6.45) is -0.302. The molecule has 0 aliphatic heterocycles. The van der Waals surface area contributed by atoms with E-state index in [2.05, 4.69) is 52.0 Å². The predicted octanol–water partition coefficient (Wildman–Crippen LogP) is 9.42. The highest BCUT2D eigenvalue weighted by Crippen LogP contribution is 2.47. The van der Waals surface area contributed by atoms with Gasteiger partial charge in [0, 0.05) is 34.2 Å². The van der Waals surface area contributed by atoms with Crippen LogP contribution in [0.3, 0.4) is 0 Å². The molecule has 3 aromatic heterocycles. The van der Waals surface area contributed by atoms with Crippen LogP contribution in [0.1, 0.15) is 36.5 Å². The molecule has 83 heavy (non-hydrogen) atoms. The molecule has 8 rings (SSSR count). The molecule has 0 radical (unpaired) electrons. The first-order valence-corrected chi connectivity index (χ1v) is 32.6. The first-order chi connectivity index (χ1) is 38.8. The van der Waals surface area contributed by atoms with Crippen molar-refractivity contribution in [1.29, 1.82) is 5.26 Å². The number of thiazole rings is 1. The summed E-state index contributed by atoms with van der Waals surface area (Å²) in [6.45, 7) is 3.98. The lowest BCUT2D eigenvalue weighted by Crippen LogP contribution is -2.11. The Morgan fingerprint density at radius 2 is 1.40 bits per heavy atom. The number of carbonyl (C=O) groups is 1. The second-order valence-electron chi connectivity index (χ2n) is 17.6. The van der Waals surface area contributed by atoms with Gasteiger partial charge in [-0.05, 0) is 80.5 Å². The van der Waals surface area contributed by atoms with E-state index in [1.807, 2.05) is 0 Å². The molecule has 8 aromatic rings. The zero-order valence-electron chi connectivity index (χ0n) is 42.8. The largest absolute Gasteiger partial charge is 0.495 e. The van der Waals surface area contributed by atoms with Gasteiger partial charge in [0.2, 0.25) is 16.9 Å². The number of ether oxygens (including phenoxy) is 2. The van der Waals surface area contributed by atoms with Crippen LogP contribution in [0.25, 0.3) is 37.7 Å². The highest BCUT2D eigenvalue weighted by Gasteiger charge is 2.33. The Balaban J connectivity index is 1.24. The van der Waals surface area contributed by atoms with Crippen LogP contribution in [0.15, 0.2) is 111 Å². The van der Waals surface area contributed by atoms with Crippen molar-refractivity contribution < 1.29 is 84.2 Å². The number of benzene rings is 5. The summed E-state index contributed by atoms with van der Waals surface area (Å²) in [4.78, 5) is 17.7. The molecule has 0 aliphatic carbocycles. The number of aryl methyl sites for hydroxylation is 1. The maximum Gasteiger partial charge on any atom is 0.299 e. The molecule has 0 fully saturated rings. The topological polar surface area (TPSA) is 468 Å². The fourth-order valence-corrected chi connectivity index (χ4v) is 13.9. The van der Waals surface area contributed by atoms with Gasteiger partial charge in [0.1, 0.15) is 55.5 Å². The summed E-state index contributed by atoms with van der Waals surface area (Å²) in [7, 11) is -24.2. The Kier molecular flexibility index (Phi) is 17.4. The Morgan fingerprint density at radius 1 is 0.759 bits per heavy atom. The van der Waals surface area contributed by atoms with Gasteiger partial charge in [0.05, 0.1) is 52.3 Å². The van der Waals surface area contributed by atoms with Crippen molar-refractivity contribution in [3.05, 3.63) is 77.4 Å². The van der Waals surface area contributed by atoms with Crippen LogP contribution in [-0.4, -0.2) is 121 Å². The number of aromatic nitrogens is 3. The van der Waals surface area contributed by atoms with E-state index in [4.69, 9.17) is 9.47 Å². The number of azo groups is 3. The number of thioether (sulfide) groups is 1. The van der Waals surface area contributed by atoms with Crippen LogP contribution in [-0.2, 0) is 55.4 Å². The van der Waals surface area contributed by atoms with Gasteiger partial charge in [-0.1, -0.05) is 23.5 Å². The minimum Gasteiger partial charge on any atom is -0.495 e. The molecular formula is C46H41N11O19S7. The minimum atomic E-state index is -5.53. The number of nitrogens with zero attached hydrogens (tertiary/aromatic N) is 10. The zero-order valence-corrected chi connectivity index (χ0v) is 48.6. The summed E-state index contributed by atoms with van der Waals surface area (Å²) >= 11 is 1.49. The minimum absolute atomic E-state index is 0.00195. The van der Waals surface area contributed by atoms with Crippen LogP contribution in [0.4, 0.5) is 39.3 Å². The van der Waals surface area contributed by atoms with Crippen molar-refractivity contribution >= 4 is 157 Å². The number of pyridine rings is 1. The first-order valence-electron chi connectivity index (χ1n) is 23.2. The van der Waals surface area contributed by atoms with Crippen molar-refractivity contribution in [2.24, 2.45) is 30.7 Å². The van der Waals surface area contributed by atoms with Crippen molar-refractivity contribution in [1.82, 2.24) is 14.4 Å². The van der Waals surface area contributed by atoms with E-state index in [1.54, 1.807) is 31.2 Å². The second-order valence-corrected chi connectivity index (χ2v) is 26.9. The molecule has 37 heteroatoms. The fraction of sp³-hybridized carbons (Fsp3) is 0.217. The van der Waals surface area contributed by atoms with Gasteiger partial charge in [-0.2, -0.15) is 52.5 Å². The first kappa shape index (κ1) is 61.3. The second kappa shape index (κ2) is 23.5. The molecule has 0 saturated heterocycles. The molecule has 0 bridgehead atoms. The normalized spacial score (nSPS) is 12.9. The molecule has 30 nitrogen and oxygen atoms in total. The number of amides is 1. The molecule has 0 atom stereocenters. The van der Waals surface area contributed by atoms with E-state index in [0.717, 1.165) is 25.8 Å². The number of fused-ring (bicyclic) bond motifs is 6.